The summed E-state index contributed by atoms with van der Waals surface area (Å²) >= 11 is 2.14. The van der Waals surface area contributed by atoms with Gasteiger partial charge in [-0.15, -0.1) is 0 Å². The number of nitrogens with one attached hydrogen (secondary N) is 1. The lowest BCUT2D eigenvalue weighted by Crippen LogP contribution is -2.40. The second-order valence-corrected chi connectivity index (χ2v) is 6.56. The van der Waals surface area contributed by atoms with E-state index < -0.39 is 0 Å². The highest BCUT2D eigenvalue weighted by atomic mass is 32.2. The molecule has 1 aliphatic heterocycles. The summed E-state index contributed by atoms with van der Waals surface area (Å²) in [5.41, 5.74) is 0. The Morgan fingerprint density at radius 2 is 1.80 bits per heavy atom. The Labute approximate surface area is 99.2 Å². The molecule has 1 N–H and O–H groups in total. The van der Waals surface area contributed by atoms with Crippen LogP contribution in [0.3, 0.4) is 0 Å². The zero-order chi connectivity index (χ0) is 11.1. The molecule has 1 rings (SSSR count). The molecule has 90 valence electrons. The molecule has 1 fully saturated rings. The van der Waals surface area contributed by atoms with E-state index in [1.165, 1.54) is 45.4 Å². The van der Waals surface area contributed by atoms with Gasteiger partial charge < -0.3 is 10.2 Å². The molecule has 2 nitrogen and oxygen atoms in total. The first kappa shape index (κ1) is 13.3. The largest absolute Gasteiger partial charge is 0.320 e. The Morgan fingerprint density at radius 1 is 1.13 bits per heavy atom. The zero-order valence-corrected chi connectivity index (χ0v) is 11.3. The summed E-state index contributed by atoms with van der Waals surface area (Å²) in [6, 6.07) is 0. The van der Waals surface area contributed by atoms with Gasteiger partial charge in [-0.3, -0.25) is 0 Å². The summed E-state index contributed by atoms with van der Waals surface area (Å²) in [4.78, 5) is 2.64. The normalized spacial score (nSPS) is 28.2. The van der Waals surface area contributed by atoms with Crippen LogP contribution in [-0.4, -0.2) is 48.6 Å². The monoisotopic (exact) mass is 230 g/mol. The molecule has 0 aromatic heterocycles. The minimum Gasteiger partial charge on any atom is -0.320 e. The second kappa shape index (κ2) is 7.53. The van der Waals surface area contributed by atoms with Crippen LogP contribution in [-0.2, 0) is 0 Å². The Kier molecular flexibility index (Phi) is 6.69. The third-order valence-corrected chi connectivity index (χ3v) is 4.12. The van der Waals surface area contributed by atoms with Gasteiger partial charge >= 0.3 is 0 Å². The summed E-state index contributed by atoms with van der Waals surface area (Å²) in [7, 11) is 2.03. The third kappa shape index (κ3) is 5.79. The molecule has 0 aromatic carbocycles. The van der Waals surface area contributed by atoms with E-state index in [4.69, 9.17) is 0 Å². The number of hydrogen-bond acceptors (Lipinski definition) is 3. The lowest BCUT2D eigenvalue weighted by Gasteiger charge is -2.34. The average Bonchev–Trinajstić information content (AvgIpc) is 2.16. The Bertz CT molecular complexity index is 154. The molecule has 0 amide bonds. The highest BCUT2D eigenvalue weighted by Crippen LogP contribution is 2.24. The van der Waals surface area contributed by atoms with Crippen molar-refractivity contribution in [3.63, 3.8) is 0 Å². The van der Waals surface area contributed by atoms with Crippen LogP contribution in [0.4, 0.5) is 0 Å². The smallest absolute Gasteiger partial charge is 0.0149 e. The van der Waals surface area contributed by atoms with Gasteiger partial charge in [0, 0.05) is 23.6 Å². The van der Waals surface area contributed by atoms with Gasteiger partial charge in [-0.25, -0.2) is 0 Å². The highest BCUT2D eigenvalue weighted by molar-refractivity contribution is 8.00. The molecule has 15 heavy (non-hydrogen) atoms. The summed E-state index contributed by atoms with van der Waals surface area (Å²) < 4.78 is 0. The van der Waals surface area contributed by atoms with Gasteiger partial charge in [0.05, 0.1) is 0 Å². The number of thioether (sulfide) groups is 1. The quantitative estimate of drug-likeness (QED) is 0.704. The molecule has 0 radical (unpaired) electrons. The van der Waals surface area contributed by atoms with Crippen molar-refractivity contribution in [2.24, 2.45) is 0 Å². The van der Waals surface area contributed by atoms with Gasteiger partial charge in [-0.05, 0) is 33.0 Å². The summed E-state index contributed by atoms with van der Waals surface area (Å²) in [6.45, 7) is 9.77. The molecule has 0 bridgehead atoms. The average molecular weight is 230 g/mol. The second-order valence-electron chi connectivity index (χ2n) is 4.68. The maximum Gasteiger partial charge on any atom is 0.0149 e. The van der Waals surface area contributed by atoms with Crippen molar-refractivity contribution in [2.45, 2.75) is 43.6 Å². The van der Waals surface area contributed by atoms with Crippen molar-refractivity contribution in [2.75, 3.05) is 33.2 Å². The van der Waals surface area contributed by atoms with Gasteiger partial charge in [-0.2, -0.15) is 11.8 Å². The predicted molar refractivity (Wildman–Crippen MR) is 70.7 cm³/mol. The first-order chi connectivity index (χ1) is 7.22. The molecule has 1 saturated heterocycles. The number of rotatable bonds is 6. The van der Waals surface area contributed by atoms with Crippen molar-refractivity contribution in [3.05, 3.63) is 0 Å². The maximum atomic E-state index is 3.20. The topological polar surface area (TPSA) is 15.3 Å². The standard InChI is InChI=1S/C12H26N2S/c1-11-9-14(10-12(2)15-11)8-6-4-5-7-13-3/h11-13H,4-10H2,1-3H3. The fourth-order valence-electron chi connectivity index (χ4n) is 2.28. The van der Waals surface area contributed by atoms with Crippen LogP contribution in [0.15, 0.2) is 0 Å². The van der Waals surface area contributed by atoms with E-state index >= 15 is 0 Å². The van der Waals surface area contributed by atoms with Crippen molar-refractivity contribution in [1.29, 1.82) is 0 Å². The summed E-state index contributed by atoms with van der Waals surface area (Å²) in [5.74, 6) is 0. The van der Waals surface area contributed by atoms with E-state index in [0.29, 0.717) is 0 Å². The molecule has 0 aliphatic carbocycles. The zero-order valence-electron chi connectivity index (χ0n) is 10.5. The summed E-state index contributed by atoms with van der Waals surface area (Å²) in [6.07, 6.45) is 4.06. The molecule has 2 atom stereocenters. The van der Waals surface area contributed by atoms with Gasteiger partial charge in [0.2, 0.25) is 0 Å². The number of hydrogen-bond donors (Lipinski definition) is 1. The van der Waals surface area contributed by atoms with E-state index in [1.807, 2.05) is 7.05 Å². The number of unbranched alkanes of at least 4 members (excludes halogenated alkanes) is 2. The first-order valence-corrected chi connectivity index (χ1v) is 7.19. The van der Waals surface area contributed by atoms with Crippen LogP contribution < -0.4 is 5.32 Å². The van der Waals surface area contributed by atoms with Gasteiger partial charge in [0.25, 0.3) is 0 Å². The molecule has 3 heteroatoms. The van der Waals surface area contributed by atoms with Crippen molar-refractivity contribution in [3.8, 4) is 0 Å². The van der Waals surface area contributed by atoms with Crippen molar-refractivity contribution >= 4 is 11.8 Å². The summed E-state index contributed by atoms with van der Waals surface area (Å²) in [5, 5.41) is 4.85. The van der Waals surface area contributed by atoms with Gasteiger partial charge in [-0.1, -0.05) is 20.3 Å². The lowest BCUT2D eigenvalue weighted by molar-refractivity contribution is 0.264. The van der Waals surface area contributed by atoms with E-state index in [-0.39, 0.29) is 0 Å². The fourth-order valence-corrected chi connectivity index (χ4v) is 3.67. The lowest BCUT2D eigenvalue weighted by atomic mass is 10.2. The Balaban J connectivity index is 2.04. The van der Waals surface area contributed by atoms with E-state index in [0.717, 1.165) is 10.5 Å². The predicted octanol–water partition coefficient (Wildman–Crippen LogP) is 2.20. The number of nitrogens with zero attached hydrogens (tertiary/aromatic N) is 1. The molecule has 0 saturated carbocycles. The molecule has 2 unspecified atom stereocenters. The highest BCUT2D eigenvalue weighted by Gasteiger charge is 2.21. The maximum absolute atomic E-state index is 3.20. The van der Waals surface area contributed by atoms with E-state index in [1.54, 1.807) is 0 Å². The molecule has 0 spiro atoms. The first-order valence-electron chi connectivity index (χ1n) is 6.24. The van der Waals surface area contributed by atoms with Crippen LogP contribution in [0, 0.1) is 0 Å². The van der Waals surface area contributed by atoms with Crippen LogP contribution >= 0.6 is 11.8 Å². The SMILES string of the molecule is CNCCCCCN1CC(C)SC(C)C1. The molecule has 1 heterocycles. The Hall–Kier alpha value is 0.270. The third-order valence-electron chi connectivity index (χ3n) is 2.90. The van der Waals surface area contributed by atoms with Crippen molar-refractivity contribution < 1.29 is 0 Å². The minimum atomic E-state index is 0.825. The van der Waals surface area contributed by atoms with Gasteiger partial charge in [0.1, 0.15) is 0 Å². The molecular formula is C12H26N2S. The van der Waals surface area contributed by atoms with Gasteiger partial charge in [0.15, 0.2) is 0 Å². The fraction of sp³-hybridized carbons (Fsp3) is 1.00. The van der Waals surface area contributed by atoms with Crippen molar-refractivity contribution in [1.82, 2.24) is 10.2 Å². The van der Waals surface area contributed by atoms with Crippen LogP contribution in [0.25, 0.3) is 0 Å². The van der Waals surface area contributed by atoms with Crippen LogP contribution in [0.2, 0.25) is 0 Å². The van der Waals surface area contributed by atoms with E-state index in [9.17, 15) is 0 Å². The van der Waals surface area contributed by atoms with E-state index in [2.05, 4.69) is 35.8 Å². The van der Waals surface area contributed by atoms with Crippen LogP contribution in [0.5, 0.6) is 0 Å². The molecule has 1 aliphatic rings. The molecular weight excluding hydrogens is 204 g/mol. The Morgan fingerprint density at radius 3 is 2.40 bits per heavy atom. The minimum absolute atomic E-state index is 0.825. The molecule has 0 aromatic rings. The van der Waals surface area contributed by atoms with Crippen LogP contribution in [0.1, 0.15) is 33.1 Å².